The highest BCUT2D eigenvalue weighted by Crippen LogP contribution is 2.27. The Labute approximate surface area is 141 Å². The van der Waals surface area contributed by atoms with Crippen molar-refractivity contribution >= 4 is 11.9 Å². The number of carbonyl (C=O) groups excluding carboxylic acids is 2. The maximum Gasteiger partial charge on any atom is 0.341 e. The topological polar surface area (TPSA) is 71.1 Å². The van der Waals surface area contributed by atoms with Gasteiger partial charge in [-0.2, -0.15) is 0 Å². The van der Waals surface area contributed by atoms with E-state index in [0.29, 0.717) is 13.0 Å². The van der Waals surface area contributed by atoms with Gasteiger partial charge in [0.05, 0.1) is 25.9 Å². The molecule has 0 aliphatic carbocycles. The molecular weight excluding hydrogens is 312 g/mol. The minimum absolute atomic E-state index is 0.0915. The standard InChI is InChI=1S/C18H22O6/c1-12(19)23-16-9-4-6-13(17(16)18(20)22-3)10-14-7-5-8-15(24-14)11-21-2/h4-6,8-9,14-15H,7,10-11H2,1-3H3/t14-,15-/m1/s1. The van der Waals surface area contributed by atoms with E-state index in [4.69, 9.17) is 18.9 Å². The summed E-state index contributed by atoms with van der Waals surface area (Å²) in [5.74, 6) is -0.831. The van der Waals surface area contributed by atoms with Crippen LogP contribution in [0.5, 0.6) is 5.75 Å². The second kappa shape index (κ2) is 8.61. The lowest BCUT2D eigenvalue weighted by molar-refractivity contribution is -0.131. The number of ether oxygens (including phenoxy) is 4. The van der Waals surface area contributed by atoms with Crippen LogP contribution in [0.15, 0.2) is 30.4 Å². The van der Waals surface area contributed by atoms with Gasteiger partial charge < -0.3 is 18.9 Å². The summed E-state index contributed by atoms with van der Waals surface area (Å²) in [7, 11) is 2.92. The van der Waals surface area contributed by atoms with Crippen molar-refractivity contribution < 1.29 is 28.5 Å². The quantitative estimate of drug-likeness (QED) is 0.452. The van der Waals surface area contributed by atoms with Crippen LogP contribution in [0.2, 0.25) is 0 Å². The number of hydrogen-bond acceptors (Lipinski definition) is 6. The molecule has 0 N–H and O–H groups in total. The number of hydrogen-bond donors (Lipinski definition) is 0. The molecule has 1 heterocycles. The van der Waals surface area contributed by atoms with Crippen molar-refractivity contribution in [2.24, 2.45) is 0 Å². The number of esters is 2. The van der Waals surface area contributed by atoms with Crippen molar-refractivity contribution in [1.82, 2.24) is 0 Å². The van der Waals surface area contributed by atoms with Crippen LogP contribution in [0.1, 0.15) is 29.3 Å². The molecule has 2 atom stereocenters. The third kappa shape index (κ3) is 4.66. The highest BCUT2D eigenvalue weighted by Gasteiger charge is 2.24. The third-order valence-corrected chi connectivity index (χ3v) is 3.65. The second-order valence-corrected chi connectivity index (χ2v) is 5.50. The molecule has 6 heteroatoms. The van der Waals surface area contributed by atoms with E-state index in [1.807, 2.05) is 18.2 Å². The molecule has 0 saturated heterocycles. The zero-order valence-corrected chi connectivity index (χ0v) is 14.1. The minimum atomic E-state index is -0.540. The van der Waals surface area contributed by atoms with Gasteiger partial charge in [0.2, 0.25) is 0 Å². The number of carbonyl (C=O) groups is 2. The van der Waals surface area contributed by atoms with Crippen molar-refractivity contribution in [3.8, 4) is 5.75 Å². The summed E-state index contributed by atoms with van der Waals surface area (Å²) >= 11 is 0. The first kappa shape index (κ1) is 18.2. The summed E-state index contributed by atoms with van der Waals surface area (Å²) < 4.78 is 21.0. The zero-order chi connectivity index (χ0) is 17.5. The van der Waals surface area contributed by atoms with Crippen LogP contribution in [-0.2, 0) is 25.4 Å². The Kier molecular flexibility index (Phi) is 6.52. The van der Waals surface area contributed by atoms with E-state index in [9.17, 15) is 9.59 Å². The Morgan fingerprint density at radius 1 is 1.29 bits per heavy atom. The van der Waals surface area contributed by atoms with E-state index >= 15 is 0 Å². The van der Waals surface area contributed by atoms with Gasteiger partial charge in [0.15, 0.2) is 0 Å². The van der Waals surface area contributed by atoms with Gasteiger partial charge >= 0.3 is 11.9 Å². The Bertz CT molecular complexity index is 622. The van der Waals surface area contributed by atoms with Crippen molar-refractivity contribution in [3.63, 3.8) is 0 Å². The SMILES string of the molecule is COC[C@H]1C=CC[C@H](Cc2cccc(OC(C)=O)c2C(=O)OC)O1. The van der Waals surface area contributed by atoms with Gasteiger partial charge in [0.25, 0.3) is 0 Å². The average Bonchev–Trinajstić information content (AvgIpc) is 2.54. The highest BCUT2D eigenvalue weighted by molar-refractivity contribution is 5.95. The normalized spacial score (nSPS) is 19.8. The first-order chi connectivity index (χ1) is 11.5. The summed E-state index contributed by atoms with van der Waals surface area (Å²) in [5.41, 5.74) is 0.980. The Morgan fingerprint density at radius 3 is 2.75 bits per heavy atom. The van der Waals surface area contributed by atoms with Gasteiger partial charge in [-0.1, -0.05) is 24.3 Å². The predicted molar refractivity (Wildman–Crippen MR) is 87.1 cm³/mol. The van der Waals surface area contributed by atoms with Crippen LogP contribution in [0.25, 0.3) is 0 Å². The number of benzene rings is 1. The molecule has 6 nitrogen and oxygen atoms in total. The monoisotopic (exact) mass is 334 g/mol. The van der Waals surface area contributed by atoms with Crippen molar-refractivity contribution in [2.75, 3.05) is 20.8 Å². The summed E-state index contributed by atoms with van der Waals surface area (Å²) in [6.07, 6.45) is 5.06. The number of methoxy groups -OCH3 is 2. The van der Waals surface area contributed by atoms with Crippen molar-refractivity contribution in [1.29, 1.82) is 0 Å². The molecule has 0 fully saturated rings. The molecule has 0 unspecified atom stereocenters. The second-order valence-electron chi connectivity index (χ2n) is 5.50. The van der Waals surface area contributed by atoms with E-state index in [0.717, 1.165) is 12.0 Å². The largest absolute Gasteiger partial charge is 0.465 e. The van der Waals surface area contributed by atoms with E-state index in [1.165, 1.54) is 14.0 Å². The van der Waals surface area contributed by atoms with Crippen LogP contribution in [0.3, 0.4) is 0 Å². The molecule has 1 aliphatic heterocycles. The summed E-state index contributed by atoms with van der Waals surface area (Å²) in [6, 6.07) is 5.13. The van der Waals surface area contributed by atoms with Crippen LogP contribution in [0.4, 0.5) is 0 Å². The first-order valence-corrected chi connectivity index (χ1v) is 7.74. The fourth-order valence-electron chi connectivity index (χ4n) is 2.69. The molecule has 24 heavy (non-hydrogen) atoms. The molecule has 0 bridgehead atoms. The fourth-order valence-corrected chi connectivity index (χ4v) is 2.69. The van der Waals surface area contributed by atoms with Gasteiger partial charge in [-0.15, -0.1) is 0 Å². The third-order valence-electron chi connectivity index (χ3n) is 3.65. The molecule has 1 aromatic carbocycles. The maximum atomic E-state index is 12.2. The van der Waals surface area contributed by atoms with E-state index in [1.54, 1.807) is 19.2 Å². The smallest absolute Gasteiger partial charge is 0.341 e. The van der Waals surface area contributed by atoms with Gasteiger partial charge in [-0.3, -0.25) is 4.79 Å². The highest BCUT2D eigenvalue weighted by atomic mass is 16.5. The Hall–Kier alpha value is -2.18. The summed E-state index contributed by atoms with van der Waals surface area (Å²) in [4.78, 5) is 23.4. The fraction of sp³-hybridized carbons (Fsp3) is 0.444. The molecule has 0 saturated carbocycles. The van der Waals surface area contributed by atoms with Gasteiger partial charge in [0.1, 0.15) is 11.3 Å². The first-order valence-electron chi connectivity index (χ1n) is 7.74. The molecule has 0 spiro atoms. The molecule has 1 aliphatic rings. The van der Waals surface area contributed by atoms with Crippen LogP contribution >= 0.6 is 0 Å². The Morgan fingerprint density at radius 2 is 2.08 bits per heavy atom. The zero-order valence-electron chi connectivity index (χ0n) is 14.1. The Balaban J connectivity index is 2.24. The summed E-state index contributed by atoms with van der Waals surface area (Å²) in [6.45, 7) is 1.77. The van der Waals surface area contributed by atoms with Crippen molar-refractivity contribution in [3.05, 3.63) is 41.5 Å². The van der Waals surface area contributed by atoms with Crippen LogP contribution in [-0.4, -0.2) is 45.0 Å². The molecule has 0 aromatic heterocycles. The summed E-state index contributed by atoms with van der Waals surface area (Å²) in [5, 5.41) is 0. The van der Waals surface area contributed by atoms with Gasteiger partial charge in [-0.25, -0.2) is 4.79 Å². The molecule has 1 aromatic rings. The lowest BCUT2D eigenvalue weighted by Crippen LogP contribution is -2.29. The van der Waals surface area contributed by atoms with Crippen LogP contribution in [0, 0.1) is 0 Å². The van der Waals surface area contributed by atoms with E-state index in [2.05, 4.69) is 0 Å². The number of rotatable bonds is 6. The molecular formula is C18H22O6. The lowest BCUT2D eigenvalue weighted by atomic mass is 9.97. The van der Waals surface area contributed by atoms with E-state index in [-0.39, 0.29) is 23.5 Å². The van der Waals surface area contributed by atoms with E-state index < -0.39 is 11.9 Å². The van der Waals surface area contributed by atoms with Gasteiger partial charge in [0, 0.05) is 14.0 Å². The molecule has 2 rings (SSSR count). The molecule has 0 radical (unpaired) electrons. The molecule has 130 valence electrons. The average molecular weight is 334 g/mol. The minimum Gasteiger partial charge on any atom is -0.465 e. The van der Waals surface area contributed by atoms with Crippen LogP contribution < -0.4 is 4.74 Å². The predicted octanol–water partition coefficient (Wildman–Crippen LogP) is 2.30. The van der Waals surface area contributed by atoms with Gasteiger partial charge in [-0.05, 0) is 24.5 Å². The maximum absolute atomic E-state index is 12.2. The lowest BCUT2D eigenvalue weighted by Gasteiger charge is -2.26. The van der Waals surface area contributed by atoms with Crippen molar-refractivity contribution in [2.45, 2.75) is 32.0 Å². The molecule has 0 amide bonds.